The highest BCUT2D eigenvalue weighted by Crippen LogP contribution is 2.50. The van der Waals surface area contributed by atoms with Gasteiger partial charge in [0.05, 0.1) is 5.92 Å². The molecule has 8 heteroatoms. The van der Waals surface area contributed by atoms with Crippen molar-refractivity contribution in [2.45, 2.75) is 38.1 Å². The third kappa shape index (κ3) is 14.2. The highest BCUT2D eigenvalue weighted by molar-refractivity contribution is 5.83. The van der Waals surface area contributed by atoms with Crippen molar-refractivity contribution in [1.82, 2.24) is 4.90 Å². The van der Waals surface area contributed by atoms with E-state index in [0.29, 0.717) is 0 Å². The molecule has 2 aliphatic rings. The Morgan fingerprint density at radius 1 is 0.788 bits per heavy atom. The molecule has 2 aromatic rings. The molecule has 6 nitrogen and oxygen atoms in total. The highest BCUT2D eigenvalue weighted by atomic mass is 19.1. The quantitative estimate of drug-likeness (QED) is 0.160. The normalized spacial score (nSPS) is 12.9. The summed E-state index contributed by atoms with van der Waals surface area (Å²) in [5, 5.41) is 1.75. The van der Waals surface area contributed by atoms with E-state index in [-0.39, 0.29) is 49.5 Å². The first-order valence-electron chi connectivity index (χ1n) is 15.1. The molecule has 0 aromatic heterocycles. The number of piperidine rings is 1. The van der Waals surface area contributed by atoms with Gasteiger partial charge in [-0.1, -0.05) is 36.4 Å². The van der Waals surface area contributed by atoms with E-state index in [1.165, 1.54) is 23.3 Å². The number of amides is 1. The second-order valence-corrected chi connectivity index (χ2v) is 10.5. The minimum absolute atomic E-state index is 0. The van der Waals surface area contributed by atoms with Crippen molar-refractivity contribution in [3.8, 4) is 131 Å². The summed E-state index contributed by atoms with van der Waals surface area (Å²) >= 11 is 0. The van der Waals surface area contributed by atoms with Gasteiger partial charge in [-0.2, -0.15) is 0 Å². The number of fused-ring (bicyclic) bond motifs is 1. The summed E-state index contributed by atoms with van der Waals surface area (Å²) in [5.41, 5.74) is 10.2. The Labute approximate surface area is 321 Å². The van der Waals surface area contributed by atoms with Gasteiger partial charge in [0.25, 0.3) is 0 Å². The number of terminal acetylenes is 2. The van der Waals surface area contributed by atoms with Crippen LogP contribution in [0.25, 0.3) is 0 Å². The van der Waals surface area contributed by atoms with Crippen LogP contribution in [0.15, 0.2) is 53.8 Å². The predicted octanol–water partition coefficient (Wildman–Crippen LogP) is 6.56. The van der Waals surface area contributed by atoms with Crippen LogP contribution < -0.4 is 11.6 Å². The molecule has 0 bridgehead atoms. The van der Waals surface area contributed by atoms with E-state index < -0.39 is 0 Å². The standard InChI is InChI=1S/C22H25FN2O.C22H2.FH.H2N2O.11H2/c1-15(16-6-8-18(23)9-7-16)21(26)25-12-10-22(11-13-25)14-17-4-2-3-5-19(17)20(22)24;1-3-5-7-9-11-13-15-17-19-21-22-20-18-16-14-12-10-8-6-4-2;;1-2-3;;;;;;;;;;;/h2-9,15,20H,10-14,24H2,1H3;1-2H;1H;(H2,1,3);11*1H/t15-,20+;;;;;;;;;;;;;;/m0............../s1. The summed E-state index contributed by atoms with van der Waals surface area (Å²) in [6, 6.07) is 14.7. The van der Waals surface area contributed by atoms with Gasteiger partial charge >= 0.3 is 0 Å². The first-order chi connectivity index (χ1) is 24.8. The summed E-state index contributed by atoms with van der Waals surface area (Å²) in [6.07, 6.45) is 12.7. The lowest BCUT2D eigenvalue weighted by atomic mass is 9.73. The number of likely N-dealkylation sites (tertiary alicyclic amines) is 1. The van der Waals surface area contributed by atoms with E-state index in [1.54, 1.807) is 17.4 Å². The summed E-state index contributed by atoms with van der Waals surface area (Å²) in [4.78, 5) is 23.2. The van der Waals surface area contributed by atoms with E-state index in [9.17, 15) is 9.18 Å². The first-order valence-corrected chi connectivity index (χ1v) is 15.1. The molecule has 1 heterocycles. The van der Waals surface area contributed by atoms with E-state index in [4.69, 9.17) is 23.5 Å². The zero-order valence-corrected chi connectivity index (χ0v) is 28.1. The average molecular weight is 707 g/mol. The third-order valence-corrected chi connectivity index (χ3v) is 7.61. The van der Waals surface area contributed by atoms with Crippen molar-refractivity contribution in [1.29, 1.82) is 0 Å². The Morgan fingerprint density at radius 3 is 1.56 bits per heavy atom. The minimum atomic E-state index is -0.275. The average Bonchev–Trinajstić information content (AvgIpc) is 3.41. The summed E-state index contributed by atoms with van der Waals surface area (Å²) in [6.45, 7) is 3.38. The zero-order chi connectivity index (χ0) is 37.2. The Morgan fingerprint density at radius 2 is 1.17 bits per heavy atom. The van der Waals surface area contributed by atoms with Crippen molar-refractivity contribution in [2.24, 2.45) is 22.3 Å². The van der Waals surface area contributed by atoms with Crippen LogP contribution >= 0.6 is 0 Å². The Bertz CT molecular complexity index is 2220. The summed E-state index contributed by atoms with van der Waals surface area (Å²) < 4.78 is 13.1. The van der Waals surface area contributed by atoms with Crippen LogP contribution in [0.4, 0.5) is 9.09 Å². The number of nitrogens with zero attached hydrogens (tertiary/aromatic N) is 2. The summed E-state index contributed by atoms with van der Waals surface area (Å²) in [5.74, 6) is 51.7. The molecule has 2 aromatic carbocycles. The molecule has 0 radical (unpaired) electrons. The topological polar surface area (TPSA) is 102 Å². The fourth-order valence-corrected chi connectivity index (χ4v) is 5.22. The Balaban J connectivity index is -0.0000000768. The zero-order valence-electron chi connectivity index (χ0n) is 28.1. The first kappa shape index (κ1) is 42.3. The molecule has 4 rings (SSSR count). The molecule has 4 N–H and O–H groups in total. The number of rotatable bonds is 2. The summed E-state index contributed by atoms with van der Waals surface area (Å²) in [7, 11) is 0. The van der Waals surface area contributed by atoms with Gasteiger partial charge in [-0.05, 0) is 155 Å². The lowest BCUT2D eigenvalue weighted by molar-refractivity contribution is -0.135. The maximum Gasteiger partial charge on any atom is 0.229 e. The smallest absolute Gasteiger partial charge is 0.229 e. The van der Waals surface area contributed by atoms with Gasteiger partial charge in [0.2, 0.25) is 5.91 Å². The van der Waals surface area contributed by atoms with Crippen LogP contribution in [-0.4, -0.2) is 23.9 Å². The number of benzene rings is 2. The SMILES string of the molecule is C#CC#CC#CC#CC#CC#CC#CC#CC#CC#CC#C.C[C@H](C(=O)N1CCC2(CC1)Cc1ccccc1[C@H]2N)c1ccc(F)cc1.F.NN=O.[HH].[HH].[HH].[HH].[HH].[HH].[HH].[HH].[HH].[HH].[HH]. The molecule has 0 unspecified atom stereocenters. The van der Waals surface area contributed by atoms with Gasteiger partial charge in [-0.25, -0.2) is 4.39 Å². The molecule has 1 saturated heterocycles. The molecular formula is C44H52F2N4O2. The van der Waals surface area contributed by atoms with Crippen LogP contribution in [0.1, 0.15) is 64.1 Å². The van der Waals surface area contributed by atoms with Gasteiger partial charge in [0.1, 0.15) is 5.82 Å². The largest absolute Gasteiger partial charge is 0.342 e. The molecule has 0 saturated carbocycles. The number of carbonyl (C=O) groups excluding carboxylic acids is 1. The van der Waals surface area contributed by atoms with Crippen LogP contribution in [0.3, 0.4) is 0 Å². The Hall–Kier alpha value is -7.71. The van der Waals surface area contributed by atoms with E-state index in [2.05, 4.69) is 149 Å². The van der Waals surface area contributed by atoms with E-state index in [0.717, 1.165) is 37.9 Å². The lowest BCUT2D eigenvalue weighted by Crippen LogP contribution is -2.47. The molecule has 1 fully saturated rings. The molecule has 274 valence electrons. The molecule has 2 atom stereocenters. The fraction of sp³-hybridized carbons (Fsp3) is 0.205. The number of carbonyl (C=O) groups is 1. The van der Waals surface area contributed by atoms with Crippen molar-refractivity contribution >= 4 is 5.91 Å². The van der Waals surface area contributed by atoms with Crippen LogP contribution in [0.5, 0.6) is 0 Å². The van der Waals surface area contributed by atoms with Crippen LogP contribution in [0.2, 0.25) is 0 Å². The van der Waals surface area contributed by atoms with Gasteiger partial charge < -0.3 is 10.6 Å². The third-order valence-electron chi connectivity index (χ3n) is 7.61. The monoisotopic (exact) mass is 706 g/mol. The Kier molecular flexibility index (Phi) is 19.9. The van der Waals surface area contributed by atoms with Gasteiger partial charge in [-0.3, -0.25) is 15.3 Å². The molecule has 1 aliphatic carbocycles. The van der Waals surface area contributed by atoms with Gasteiger partial charge in [0.15, 0.2) is 0 Å². The molecule has 52 heavy (non-hydrogen) atoms. The van der Waals surface area contributed by atoms with E-state index >= 15 is 0 Å². The maximum atomic E-state index is 13.1. The number of hydrogen-bond donors (Lipinski definition) is 2. The fourth-order valence-electron chi connectivity index (χ4n) is 5.22. The van der Waals surface area contributed by atoms with E-state index in [1.807, 2.05) is 11.8 Å². The second-order valence-electron chi connectivity index (χ2n) is 10.5. The second kappa shape index (κ2) is 24.4. The van der Waals surface area contributed by atoms with Crippen LogP contribution in [-0.2, 0) is 11.2 Å². The number of nitroso groups, excluding NO2 is 1. The predicted molar refractivity (Wildman–Crippen MR) is 224 cm³/mol. The highest BCUT2D eigenvalue weighted by Gasteiger charge is 2.46. The number of hydrogen-bond acceptors (Lipinski definition) is 4. The molecule has 1 aliphatic heterocycles. The number of halogens is 2. The minimum Gasteiger partial charge on any atom is -0.342 e. The van der Waals surface area contributed by atoms with Crippen molar-refractivity contribution in [3.63, 3.8) is 0 Å². The van der Waals surface area contributed by atoms with Crippen molar-refractivity contribution in [2.75, 3.05) is 13.1 Å². The lowest BCUT2D eigenvalue weighted by Gasteiger charge is -2.42. The molecule has 1 spiro atoms. The maximum absolute atomic E-state index is 13.1. The van der Waals surface area contributed by atoms with Gasteiger partial charge in [0, 0.05) is 63.8 Å². The number of nitrogens with two attached hydrogens (primary N) is 2. The van der Waals surface area contributed by atoms with Gasteiger partial charge in [-0.15, -0.1) is 17.8 Å². The van der Waals surface area contributed by atoms with Crippen LogP contribution in [0, 0.1) is 147 Å². The van der Waals surface area contributed by atoms with Crippen molar-refractivity contribution < 1.29 is 29.6 Å². The molecular weight excluding hydrogens is 655 g/mol. The molecule has 1 amide bonds. The van der Waals surface area contributed by atoms with Crippen molar-refractivity contribution in [3.05, 3.63) is 75.9 Å².